The summed E-state index contributed by atoms with van der Waals surface area (Å²) in [7, 11) is 1.52. The van der Waals surface area contributed by atoms with Crippen molar-refractivity contribution in [1.29, 1.82) is 0 Å². The van der Waals surface area contributed by atoms with Crippen molar-refractivity contribution in [1.82, 2.24) is 15.8 Å². The maximum absolute atomic E-state index is 12.6. The number of aryl methyl sites for hydroxylation is 2. The van der Waals surface area contributed by atoms with E-state index < -0.39 is 11.8 Å². The van der Waals surface area contributed by atoms with Crippen molar-refractivity contribution in [3.8, 4) is 11.5 Å². The Morgan fingerprint density at radius 1 is 1.00 bits per heavy atom. The van der Waals surface area contributed by atoms with Crippen LogP contribution in [0.5, 0.6) is 11.5 Å². The van der Waals surface area contributed by atoms with Crippen LogP contribution in [0.1, 0.15) is 21.6 Å². The third-order valence-electron chi connectivity index (χ3n) is 4.08. The molecular weight excluding hydrogens is 358 g/mol. The number of benzene rings is 2. The van der Waals surface area contributed by atoms with E-state index in [4.69, 9.17) is 9.47 Å². The fourth-order valence-corrected chi connectivity index (χ4v) is 2.77. The lowest BCUT2D eigenvalue weighted by Gasteiger charge is -2.12. The van der Waals surface area contributed by atoms with E-state index in [1.165, 1.54) is 7.11 Å². The number of ether oxygens (including phenoxy) is 2. The second-order valence-electron chi connectivity index (χ2n) is 6.27. The van der Waals surface area contributed by atoms with Crippen molar-refractivity contribution in [2.75, 3.05) is 13.7 Å². The van der Waals surface area contributed by atoms with Gasteiger partial charge in [0.1, 0.15) is 0 Å². The monoisotopic (exact) mass is 379 g/mol. The van der Waals surface area contributed by atoms with Gasteiger partial charge in [-0.3, -0.25) is 25.4 Å². The maximum Gasteiger partial charge on any atom is 0.276 e. The number of rotatable bonds is 5. The molecule has 0 aliphatic rings. The van der Waals surface area contributed by atoms with Gasteiger partial charge in [-0.05, 0) is 44.2 Å². The van der Waals surface area contributed by atoms with Crippen LogP contribution in [0.25, 0.3) is 10.9 Å². The van der Waals surface area contributed by atoms with Crippen molar-refractivity contribution in [3.63, 3.8) is 0 Å². The molecule has 7 heteroatoms. The SMILES string of the molecule is COc1ccccc1OCC(=O)NNC(=O)c1cc(C)nc2ccc(C)cc12. The molecule has 3 rings (SSSR count). The molecule has 0 aliphatic carbocycles. The number of amides is 2. The van der Waals surface area contributed by atoms with Crippen LogP contribution in [0.2, 0.25) is 0 Å². The summed E-state index contributed by atoms with van der Waals surface area (Å²) >= 11 is 0. The maximum atomic E-state index is 12.6. The number of carbonyl (C=O) groups excluding carboxylic acids is 2. The molecule has 2 N–H and O–H groups in total. The van der Waals surface area contributed by atoms with E-state index in [-0.39, 0.29) is 6.61 Å². The number of nitrogens with zero attached hydrogens (tertiary/aromatic N) is 1. The van der Waals surface area contributed by atoms with Crippen LogP contribution in [0, 0.1) is 13.8 Å². The van der Waals surface area contributed by atoms with Gasteiger partial charge in [0, 0.05) is 11.1 Å². The highest BCUT2D eigenvalue weighted by Gasteiger charge is 2.14. The van der Waals surface area contributed by atoms with Gasteiger partial charge in [0.05, 0.1) is 18.2 Å². The minimum atomic E-state index is -0.495. The largest absolute Gasteiger partial charge is 0.493 e. The zero-order valence-corrected chi connectivity index (χ0v) is 15.9. The Kier molecular flexibility index (Phi) is 5.74. The molecule has 1 aromatic heterocycles. The lowest BCUT2D eigenvalue weighted by molar-refractivity contribution is -0.123. The molecule has 0 unspecified atom stereocenters. The second kappa shape index (κ2) is 8.39. The summed E-state index contributed by atoms with van der Waals surface area (Å²) in [5, 5.41) is 0.725. The molecule has 0 fully saturated rings. The molecule has 2 aromatic carbocycles. The minimum Gasteiger partial charge on any atom is -0.493 e. The lowest BCUT2D eigenvalue weighted by atomic mass is 10.0. The number of fused-ring (bicyclic) bond motifs is 1. The summed E-state index contributed by atoms with van der Waals surface area (Å²) < 4.78 is 10.6. The van der Waals surface area contributed by atoms with E-state index in [0.717, 1.165) is 16.5 Å². The van der Waals surface area contributed by atoms with Crippen LogP contribution in [-0.2, 0) is 4.79 Å². The molecule has 0 bridgehead atoms. The number of aromatic nitrogens is 1. The number of methoxy groups -OCH3 is 1. The highest BCUT2D eigenvalue weighted by atomic mass is 16.5. The number of carbonyl (C=O) groups is 2. The smallest absolute Gasteiger partial charge is 0.276 e. The van der Waals surface area contributed by atoms with Crippen molar-refractivity contribution in [3.05, 3.63) is 65.4 Å². The molecule has 7 nitrogen and oxygen atoms in total. The molecule has 3 aromatic rings. The van der Waals surface area contributed by atoms with E-state index in [1.807, 2.05) is 32.0 Å². The third-order valence-corrected chi connectivity index (χ3v) is 4.08. The average molecular weight is 379 g/mol. The molecule has 144 valence electrons. The van der Waals surface area contributed by atoms with Gasteiger partial charge in [-0.25, -0.2) is 0 Å². The Bertz CT molecular complexity index is 1030. The molecule has 1 heterocycles. The molecule has 0 radical (unpaired) electrons. The van der Waals surface area contributed by atoms with Crippen LogP contribution in [0.4, 0.5) is 0 Å². The molecule has 0 saturated carbocycles. The standard InChI is InChI=1S/C21H21N3O4/c1-13-8-9-17-15(10-13)16(11-14(2)22-17)21(26)24-23-20(25)12-28-19-7-5-4-6-18(19)27-3/h4-11H,12H2,1-3H3,(H,23,25)(H,24,26). The predicted molar refractivity (Wildman–Crippen MR) is 105 cm³/mol. The first kappa shape index (κ1) is 19.2. The van der Waals surface area contributed by atoms with Gasteiger partial charge in [0.2, 0.25) is 0 Å². The number of para-hydroxylation sites is 2. The summed E-state index contributed by atoms with van der Waals surface area (Å²) in [6, 6.07) is 14.4. The number of hydrogen-bond donors (Lipinski definition) is 2. The molecule has 2 amide bonds. The number of hydrazine groups is 1. The summed E-state index contributed by atoms with van der Waals surface area (Å²) in [6.07, 6.45) is 0. The number of hydrogen-bond acceptors (Lipinski definition) is 5. The van der Waals surface area contributed by atoms with Crippen LogP contribution < -0.4 is 20.3 Å². The Morgan fingerprint density at radius 3 is 2.50 bits per heavy atom. The van der Waals surface area contributed by atoms with Crippen LogP contribution in [0.3, 0.4) is 0 Å². The lowest BCUT2D eigenvalue weighted by Crippen LogP contribution is -2.44. The summed E-state index contributed by atoms with van der Waals surface area (Å²) in [4.78, 5) is 29.1. The van der Waals surface area contributed by atoms with Gasteiger partial charge in [-0.15, -0.1) is 0 Å². The highest BCUT2D eigenvalue weighted by Crippen LogP contribution is 2.25. The summed E-state index contributed by atoms with van der Waals surface area (Å²) in [5.41, 5.74) is 7.68. The van der Waals surface area contributed by atoms with E-state index in [0.29, 0.717) is 22.8 Å². The van der Waals surface area contributed by atoms with Crippen LogP contribution in [0.15, 0.2) is 48.5 Å². The average Bonchev–Trinajstić information content (AvgIpc) is 2.70. The van der Waals surface area contributed by atoms with Gasteiger partial charge in [0.25, 0.3) is 11.8 Å². The van der Waals surface area contributed by atoms with Crippen LogP contribution >= 0.6 is 0 Å². The van der Waals surface area contributed by atoms with Gasteiger partial charge in [-0.1, -0.05) is 23.8 Å². The Hall–Kier alpha value is -3.61. The highest BCUT2D eigenvalue weighted by molar-refractivity contribution is 6.06. The van der Waals surface area contributed by atoms with E-state index in [1.54, 1.807) is 30.3 Å². The van der Waals surface area contributed by atoms with Crippen molar-refractivity contribution in [2.24, 2.45) is 0 Å². The normalized spacial score (nSPS) is 10.4. The molecule has 0 aliphatic heterocycles. The first-order valence-corrected chi connectivity index (χ1v) is 8.71. The predicted octanol–water partition coefficient (Wildman–Crippen LogP) is 2.70. The second-order valence-corrected chi connectivity index (χ2v) is 6.27. The van der Waals surface area contributed by atoms with Gasteiger partial charge >= 0.3 is 0 Å². The van der Waals surface area contributed by atoms with Crippen molar-refractivity contribution >= 4 is 22.7 Å². The Balaban J connectivity index is 1.65. The summed E-state index contributed by atoms with van der Waals surface area (Å²) in [6.45, 7) is 3.49. The van der Waals surface area contributed by atoms with Crippen molar-refractivity contribution in [2.45, 2.75) is 13.8 Å². The topological polar surface area (TPSA) is 89.5 Å². The molecule has 0 saturated heterocycles. The van der Waals surface area contributed by atoms with E-state index in [9.17, 15) is 9.59 Å². The Labute approximate surface area is 162 Å². The quantitative estimate of drug-likeness (QED) is 0.666. The van der Waals surface area contributed by atoms with Gasteiger partial charge in [-0.2, -0.15) is 0 Å². The number of pyridine rings is 1. The van der Waals surface area contributed by atoms with E-state index >= 15 is 0 Å². The Morgan fingerprint density at radius 2 is 1.75 bits per heavy atom. The van der Waals surface area contributed by atoms with Crippen LogP contribution in [-0.4, -0.2) is 30.5 Å². The van der Waals surface area contributed by atoms with Gasteiger partial charge in [0.15, 0.2) is 18.1 Å². The van der Waals surface area contributed by atoms with E-state index in [2.05, 4.69) is 15.8 Å². The first-order valence-electron chi connectivity index (χ1n) is 8.71. The molecule has 0 spiro atoms. The third kappa shape index (κ3) is 4.37. The fourth-order valence-electron chi connectivity index (χ4n) is 2.77. The van der Waals surface area contributed by atoms with Gasteiger partial charge < -0.3 is 9.47 Å². The molecular formula is C21H21N3O4. The van der Waals surface area contributed by atoms with Crippen molar-refractivity contribution < 1.29 is 19.1 Å². The minimum absolute atomic E-state index is 0.268. The molecule has 28 heavy (non-hydrogen) atoms. The first-order chi connectivity index (χ1) is 13.5. The fraction of sp³-hybridized carbons (Fsp3) is 0.190. The summed E-state index contributed by atoms with van der Waals surface area (Å²) in [5.74, 6) is 0.0448. The zero-order valence-electron chi connectivity index (χ0n) is 15.9. The zero-order chi connectivity index (χ0) is 20.1. The number of nitrogens with one attached hydrogen (secondary N) is 2. The molecule has 0 atom stereocenters.